The van der Waals surface area contributed by atoms with E-state index in [1.54, 1.807) is 0 Å². The average Bonchev–Trinajstić information content (AvgIpc) is 3.13. The number of nitrogens with one attached hydrogen (secondary N) is 1. The van der Waals surface area contributed by atoms with E-state index in [4.69, 9.17) is 9.84 Å². The third-order valence-electron chi connectivity index (χ3n) is 3.41. The van der Waals surface area contributed by atoms with Crippen LogP contribution >= 0.6 is 0 Å². The van der Waals surface area contributed by atoms with Crippen molar-refractivity contribution in [3.05, 3.63) is 0 Å². The predicted molar refractivity (Wildman–Crippen MR) is 66.6 cm³/mol. The number of hydrogen-bond donors (Lipinski definition) is 2. The summed E-state index contributed by atoms with van der Waals surface area (Å²) in [6, 6.07) is -0.141. The Bertz CT molecular complexity index is 223. The minimum atomic E-state index is -0.147. The fraction of sp³-hybridized carbons (Fsp3) is 0.923. The van der Waals surface area contributed by atoms with E-state index in [0.717, 1.165) is 38.6 Å². The van der Waals surface area contributed by atoms with Crippen molar-refractivity contribution in [2.24, 2.45) is 11.8 Å². The van der Waals surface area contributed by atoms with Gasteiger partial charge >= 0.3 is 5.97 Å². The Morgan fingerprint density at radius 1 is 1.47 bits per heavy atom. The highest BCUT2D eigenvalue weighted by atomic mass is 16.5. The molecule has 0 spiro atoms. The van der Waals surface area contributed by atoms with Gasteiger partial charge in [-0.3, -0.25) is 4.79 Å². The number of esters is 1. The molecule has 0 radical (unpaired) electrons. The fourth-order valence-corrected chi connectivity index (χ4v) is 2.23. The van der Waals surface area contributed by atoms with E-state index in [1.165, 1.54) is 7.11 Å². The molecular formula is C13H25NO3. The van der Waals surface area contributed by atoms with E-state index in [2.05, 4.69) is 12.2 Å². The third kappa shape index (κ3) is 5.04. The number of carbonyl (C=O) groups excluding carboxylic acids is 1. The SMILES string of the molecule is CCCC(CCO)CNC(C(=O)OC)C1CC1. The van der Waals surface area contributed by atoms with Crippen molar-refractivity contribution in [1.82, 2.24) is 5.32 Å². The molecule has 0 saturated heterocycles. The molecule has 0 aromatic heterocycles. The highest BCUT2D eigenvalue weighted by Gasteiger charge is 2.36. The van der Waals surface area contributed by atoms with Gasteiger partial charge in [-0.25, -0.2) is 0 Å². The summed E-state index contributed by atoms with van der Waals surface area (Å²) in [4.78, 5) is 11.6. The molecule has 1 aliphatic carbocycles. The second-order valence-electron chi connectivity index (χ2n) is 4.91. The molecule has 0 aromatic carbocycles. The maximum absolute atomic E-state index is 11.6. The van der Waals surface area contributed by atoms with Gasteiger partial charge in [0, 0.05) is 6.61 Å². The van der Waals surface area contributed by atoms with Crippen LogP contribution in [0.15, 0.2) is 0 Å². The summed E-state index contributed by atoms with van der Waals surface area (Å²) in [6.45, 7) is 3.16. The number of methoxy groups -OCH3 is 1. The molecule has 0 bridgehead atoms. The Morgan fingerprint density at radius 2 is 2.18 bits per heavy atom. The van der Waals surface area contributed by atoms with Gasteiger partial charge in [-0.1, -0.05) is 13.3 Å². The Balaban J connectivity index is 2.35. The van der Waals surface area contributed by atoms with Crippen LogP contribution < -0.4 is 5.32 Å². The lowest BCUT2D eigenvalue weighted by atomic mass is 9.99. The molecule has 4 nitrogen and oxygen atoms in total. The summed E-state index contributed by atoms with van der Waals surface area (Å²) >= 11 is 0. The van der Waals surface area contributed by atoms with Crippen LogP contribution in [-0.4, -0.2) is 37.4 Å². The molecule has 2 N–H and O–H groups in total. The molecule has 0 heterocycles. The molecular weight excluding hydrogens is 218 g/mol. The van der Waals surface area contributed by atoms with E-state index in [0.29, 0.717) is 11.8 Å². The van der Waals surface area contributed by atoms with Gasteiger partial charge < -0.3 is 15.2 Å². The molecule has 0 amide bonds. The number of ether oxygens (including phenoxy) is 1. The van der Waals surface area contributed by atoms with Gasteiger partial charge in [0.1, 0.15) is 6.04 Å². The molecule has 1 aliphatic rings. The third-order valence-corrected chi connectivity index (χ3v) is 3.41. The van der Waals surface area contributed by atoms with Crippen LogP contribution in [0.3, 0.4) is 0 Å². The summed E-state index contributed by atoms with van der Waals surface area (Å²) in [6.07, 6.45) is 5.24. The smallest absolute Gasteiger partial charge is 0.323 e. The highest BCUT2D eigenvalue weighted by Crippen LogP contribution is 2.33. The van der Waals surface area contributed by atoms with Crippen LogP contribution in [0.1, 0.15) is 39.0 Å². The van der Waals surface area contributed by atoms with Gasteiger partial charge in [0.05, 0.1) is 7.11 Å². The first-order valence-corrected chi connectivity index (χ1v) is 6.65. The predicted octanol–water partition coefficient (Wildman–Crippen LogP) is 1.33. The lowest BCUT2D eigenvalue weighted by Gasteiger charge is -2.20. The first kappa shape index (κ1) is 14.5. The molecule has 0 aliphatic heterocycles. The quantitative estimate of drug-likeness (QED) is 0.600. The molecule has 1 fully saturated rings. The highest BCUT2D eigenvalue weighted by molar-refractivity contribution is 5.76. The minimum Gasteiger partial charge on any atom is -0.468 e. The lowest BCUT2D eigenvalue weighted by molar-refractivity contribution is -0.143. The molecule has 100 valence electrons. The van der Waals surface area contributed by atoms with Crippen molar-refractivity contribution < 1.29 is 14.6 Å². The molecule has 4 heteroatoms. The monoisotopic (exact) mass is 243 g/mol. The van der Waals surface area contributed by atoms with Gasteiger partial charge in [-0.2, -0.15) is 0 Å². The molecule has 0 aromatic rings. The zero-order chi connectivity index (χ0) is 12.7. The average molecular weight is 243 g/mol. The van der Waals surface area contributed by atoms with Crippen LogP contribution in [0, 0.1) is 11.8 Å². The second-order valence-corrected chi connectivity index (χ2v) is 4.91. The first-order chi connectivity index (χ1) is 8.22. The lowest BCUT2D eigenvalue weighted by Crippen LogP contribution is -2.42. The van der Waals surface area contributed by atoms with Crippen LogP contribution in [0.4, 0.5) is 0 Å². The van der Waals surface area contributed by atoms with Gasteiger partial charge in [0.2, 0.25) is 0 Å². The summed E-state index contributed by atoms with van der Waals surface area (Å²) < 4.78 is 4.82. The zero-order valence-corrected chi connectivity index (χ0v) is 10.9. The van der Waals surface area contributed by atoms with Crippen molar-refractivity contribution in [3.63, 3.8) is 0 Å². The maximum Gasteiger partial charge on any atom is 0.323 e. The van der Waals surface area contributed by atoms with Gasteiger partial charge in [0.25, 0.3) is 0 Å². The largest absolute Gasteiger partial charge is 0.468 e. The Labute approximate surface area is 104 Å². The van der Waals surface area contributed by atoms with Crippen molar-refractivity contribution >= 4 is 5.97 Å². The summed E-state index contributed by atoms with van der Waals surface area (Å²) in [5, 5.41) is 12.3. The number of aliphatic hydroxyl groups excluding tert-OH is 1. The topological polar surface area (TPSA) is 58.6 Å². The molecule has 1 rings (SSSR count). The van der Waals surface area contributed by atoms with E-state index in [9.17, 15) is 4.79 Å². The minimum absolute atomic E-state index is 0.141. The standard InChI is InChI=1S/C13H25NO3/c1-3-4-10(7-8-15)9-14-12(11-5-6-11)13(16)17-2/h10-12,14-15H,3-9H2,1-2H3. The van der Waals surface area contributed by atoms with E-state index in [1.807, 2.05) is 0 Å². The van der Waals surface area contributed by atoms with Crippen molar-refractivity contribution in [2.75, 3.05) is 20.3 Å². The molecule has 2 unspecified atom stereocenters. The van der Waals surface area contributed by atoms with Crippen LogP contribution in [0.5, 0.6) is 0 Å². The number of rotatable bonds is 9. The Kier molecular flexibility index (Phi) is 6.52. The number of hydrogen-bond acceptors (Lipinski definition) is 4. The van der Waals surface area contributed by atoms with Gasteiger partial charge in [0.15, 0.2) is 0 Å². The Morgan fingerprint density at radius 3 is 2.65 bits per heavy atom. The summed E-state index contributed by atoms with van der Waals surface area (Å²) in [5.41, 5.74) is 0. The zero-order valence-electron chi connectivity index (χ0n) is 10.9. The molecule has 17 heavy (non-hydrogen) atoms. The fourth-order valence-electron chi connectivity index (χ4n) is 2.23. The molecule has 1 saturated carbocycles. The maximum atomic E-state index is 11.6. The van der Waals surface area contributed by atoms with E-state index >= 15 is 0 Å². The Hall–Kier alpha value is -0.610. The van der Waals surface area contributed by atoms with Gasteiger partial charge in [-0.15, -0.1) is 0 Å². The van der Waals surface area contributed by atoms with E-state index in [-0.39, 0.29) is 18.6 Å². The van der Waals surface area contributed by atoms with Crippen LogP contribution in [0.2, 0.25) is 0 Å². The normalized spacial score (nSPS) is 18.8. The first-order valence-electron chi connectivity index (χ1n) is 6.65. The molecule has 2 atom stereocenters. The van der Waals surface area contributed by atoms with Crippen LogP contribution in [0.25, 0.3) is 0 Å². The summed E-state index contributed by atoms with van der Waals surface area (Å²) in [7, 11) is 1.44. The number of aliphatic hydroxyl groups is 1. The summed E-state index contributed by atoms with van der Waals surface area (Å²) in [5.74, 6) is 0.765. The number of carbonyl (C=O) groups is 1. The van der Waals surface area contributed by atoms with Crippen molar-refractivity contribution in [2.45, 2.75) is 45.1 Å². The van der Waals surface area contributed by atoms with E-state index < -0.39 is 0 Å². The van der Waals surface area contributed by atoms with Crippen LogP contribution in [-0.2, 0) is 9.53 Å². The van der Waals surface area contributed by atoms with Crippen molar-refractivity contribution in [1.29, 1.82) is 0 Å². The van der Waals surface area contributed by atoms with Crippen molar-refractivity contribution in [3.8, 4) is 0 Å². The van der Waals surface area contributed by atoms with Gasteiger partial charge in [-0.05, 0) is 44.1 Å². The second kappa shape index (κ2) is 7.67.